The lowest BCUT2D eigenvalue weighted by Gasteiger charge is -2.32. The fourth-order valence-electron chi connectivity index (χ4n) is 5.62. The highest BCUT2D eigenvalue weighted by Crippen LogP contribution is 2.35. The molecule has 214 valence electrons. The summed E-state index contributed by atoms with van der Waals surface area (Å²) in [5.41, 5.74) is 8.39. The summed E-state index contributed by atoms with van der Waals surface area (Å²) in [6.45, 7) is 1.99. The maximum absolute atomic E-state index is 13.1. The highest BCUT2D eigenvalue weighted by Gasteiger charge is 2.25. The van der Waals surface area contributed by atoms with E-state index < -0.39 is 0 Å². The molecule has 2 aliphatic rings. The van der Waals surface area contributed by atoms with E-state index in [1.54, 1.807) is 7.11 Å². The Morgan fingerprint density at radius 3 is 2.69 bits per heavy atom. The second-order valence-electron chi connectivity index (χ2n) is 10.5. The molecule has 3 aromatic carbocycles. The van der Waals surface area contributed by atoms with Crippen LogP contribution in [0, 0.1) is 0 Å². The first-order chi connectivity index (χ1) is 20.6. The Morgan fingerprint density at radius 1 is 1.07 bits per heavy atom. The van der Waals surface area contributed by atoms with Gasteiger partial charge in [0.1, 0.15) is 5.75 Å². The Hall–Kier alpha value is -3.83. The molecule has 8 nitrogen and oxygen atoms in total. The van der Waals surface area contributed by atoms with Crippen molar-refractivity contribution in [1.29, 1.82) is 0 Å². The Morgan fingerprint density at radius 2 is 1.90 bits per heavy atom. The van der Waals surface area contributed by atoms with E-state index in [9.17, 15) is 4.79 Å². The number of nitrogens with one attached hydrogen (secondary N) is 2. The summed E-state index contributed by atoms with van der Waals surface area (Å²) in [6, 6.07) is 22.4. The molecule has 1 amide bonds. The molecule has 0 radical (unpaired) electrons. The number of piperidine rings is 1. The standard InChI is InChI=1S/C33H33IN6O2/c1-35-25-6-5-15-40(20-25)32(41)22-10-12-24(13-11-22)38-33-37-19-23-18-36-31(27-7-3-4-8-29(27)42-2)28-16-21(17-34)9-14-26(28)30(23)39-33/h3-4,7-14,16,19,25,35H,5-6,15,17-18,20H2,1-2H3,(H,37,38,39). The zero-order valence-electron chi connectivity index (χ0n) is 23.7. The minimum atomic E-state index is 0.0658. The van der Waals surface area contributed by atoms with Crippen LogP contribution < -0.4 is 15.4 Å². The number of carbonyl (C=O) groups is 1. The van der Waals surface area contributed by atoms with Crippen LogP contribution in [0.1, 0.15) is 45.5 Å². The molecular weight excluding hydrogens is 639 g/mol. The molecule has 9 heteroatoms. The monoisotopic (exact) mass is 672 g/mol. The summed E-state index contributed by atoms with van der Waals surface area (Å²) in [5, 5.41) is 6.63. The first-order valence-electron chi connectivity index (χ1n) is 14.1. The van der Waals surface area contributed by atoms with Gasteiger partial charge in [0, 0.05) is 63.3 Å². The van der Waals surface area contributed by atoms with Crippen LogP contribution in [0.3, 0.4) is 0 Å². The number of ether oxygens (including phenoxy) is 1. The van der Waals surface area contributed by atoms with Crippen LogP contribution >= 0.6 is 22.6 Å². The topological polar surface area (TPSA) is 91.7 Å². The van der Waals surface area contributed by atoms with Gasteiger partial charge >= 0.3 is 0 Å². The molecule has 0 bridgehead atoms. The first kappa shape index (κ1) is 28.3. The smallest absolute Gasteiger partial charge is 0.253 e. The van der Waals surface area contributed by atoms with Crippen LogP contribution in [0.2, 0.25) is 0 Å². The molecule has 2 N–H and O–H groups in total. The molecule has 6 rings (SSSR count). The fourth-order valence-corrected chi connectivity index (χ4v) is 6.09. The molecule has 0 spiro atoms. The van der Waals surface area contributed by atoms with Gasteiger partial charge in [0.2, 0.25) is 5.95 Å². The summed E-state index contributed by atoms with van der Waals surface area (Å²) in [6.07, 6.45) is 3.96. The van der Waals surface area contributed by atoms with Crippen LogP contribution in [0.25, 0.3) is 11.3 Å². The van der Waals surface area contributed by atoms with Gasteiger partial charge in [0.05, 0.1) is 25.1 Å². The van der Waals surface area contributed by atoms with Crippen LogP contribution in [0.4, 0.5) is 11.6 Å². The van der Waals surface area contributed by atoms with Crippen molar-refractivity contribution in [3.8, 4) is 17.0 Å². The van der Waals surface area contributed by atoms with Crippen molar-refractivity contribution in [1.82, 2.24) is 20.2 Å². The van der Waals surface area contributed by atoms with E-state index in [0.29, 0.717) is 24.1 Å². The molecule has 2 aliphatic heterocycles. The number of rotatable bonds is 7. The zero-order chi connectivity index (χ0) is 29.1. The molecule has 42 heavy (non-hydrogen) atoms. The number of nitrogens with zero attached hydrogens (tertiary/aromatic N) is 4. The lowest BCUT2D eigenvalue weighted by Crippen LogP contribution is -2.46. The zero-order valence-corrected chi connectivity index (χ0v) is 25.9. The van der Waals surface area contributed by atoms with E-state index in [1.807, 2.05) is 66.7 Å². The van der Waals surface area contributed by atoms with Crippen molar-refractivity contribution in [2.24, 2.45) is 4.99 Å². The number of hydrogen-bond donors (Lipinski definition) is 2. The van der Waals surface area contributed by atoms with E-state index in [-0.39, 0.29) is 5.91 Å². The van der Waals surface area contributed by atoms with Gasteiger partial charge in [0.25, 0.3) is 5.91 Å². The molecule has 1 fully saturated rings. The Bertz CT molecular complexity index is 1640. The minimum Gasteiger partial charge on any atom is -0.496 e. The molecule has 4 aromatic rings. The van der Waals surface area contributed by atoms with E-state index >= 15 is 0 Å². The molecule has 3 heterocycles. The maximum Gasteiger partial charge on any atom is 0.253 e. The number of methoxy groups -OCH3 is 1. The number of hydrogen-bond acceptors (Lipinski definition) is 7. The first-order valence-corrected chi connectivity index (χ1v) is 15.7. The number of amides is 1. The van der Waals surface area contributed by atoms with E-state index in [2.05, 4.69) is 56.4 Å². The highest BCUT2D eigenvalue weighted by molar-refractivity contribution is 14.1. The second-order valence-corrected chi connectivity index (χ2v) is 11.3. The largest absolute Gasteiger partial charge is 0.496 e. The number of anilines is 2. The Kier molecular flexibility index (Phi) is 8.48. The van der Waals surface area contributed by atoms with Crippen molar-refractivity contribution in [2.75, 3.05) is 32.6 Å². The number of aromatic nitrogens is 2. The van der Waals surface area contributed by atoms with Crippen molar-refractivity contribution >= 4 is 45.8 Å². The van der Waals surface area contributed by atoms with Gasteiger partial charge in [0.15, 0.2) is 0 Å². The van der Waals surface area contributed by atoms with Gasteiger partial charge in [-0.15, -0.1) is 0 Å². The summed E-state index contributed by atoms with van der Waals surface area (Å²) < 4.78 is 6.58. The number of halogens is 1. The number of likely N-dealkylation sites (N-methyl/N-ethyl adjacent to an activating group) is 1. The Labute approximate surface area is 259 Å². The lowest BCUT2D eigenvalue weighted by molar-refractivity contribution is 0.0698. The number of likely N-dealkylation sites (tertiary alicyclic amines) is 1. The third-order valence-electron chi connectivity index (χ3n) is 7.89. The van der Waals surface area contributed by atoms with Crippen molar-refractivity contribution in [3.63, 3.8) is 0 Å². The lowest BCUT2D eigenvalue weighted by atomic mass is 9.93. The van der Waals surface area contributed by atoms with Crippen molar-refractivity contribution in [2.45, 2.75) is 29.9 Å². The van der Waals surface area contributed by atoms with E-state index in [4.69, 9.17) is 14.7 Å². The average Bonchev–Trinajstić information content (AvgIpc) is 3.21. The van der Waals surface area contributed by atoms with Gasteiger partial charge < -0.3 is 20.3 Å². The molecule has 0 saturated carbocycles. The summed E-state index contributed by atoms with van der Waals surface area (Å²) in [7, 11) is 3.64. The van der Waals surface area contributed by atoms with Gasteiger partial charge in [-0.25, -0.2) is 9.97 Å². The number of carbonyl (C=O) groups excluding carboxylic acids is 1. The van der Waals surface area contributed by atoms with Gasteiger partial charge in [-0.3, -0.25) is 9.79 Å². The second kappa shape index (κ2) is 12.6. The number of fused-ring (bicyclic) bond motifs is 3. The molecule has 1 unspecified atom stereocenters. The minimum absolute atomic E-state index is 0.0658. The van der Waals surface area contributed by atoms with Crippen molar-refractivity contribution < 1.29 is 9.53 Å². The number of para-hydroxylation sites is 1. The maximum atomic E-state index is 13.1. The van der Waals surface area contributed by atoms with Crippen LogP contribution in [-0.2, 0) is 11.0 Å². The number of alkyl halides is 1. The third kappa shape index (κ3) is 5.76. The van der Waals surface area contributed by atoms with Gasteiger partial charge in [-0.1, -0.05) is 46.9 Å². The number of benzene rings is 3. The number of aliphatic imine (C=N–C) groups is 1. The van der Waals surface area contributed by atoms with Gasteiger partial charge in [-0.05, 0) is 67.9 Å². The predicted molar refractivity (Wildman–Crippen MR) is 175 cm³/mol. The molecule has 1 saturated heterocycles. The van der Waals surface area contributed by atoms with Crippen LogP contribution in [0.15, 0.2) is 77.9 Å². The molecule has 0 aliphatic carbocycles. The summed E-state index contributed by atoms with van der Waals surface area (Å²) in [5.74, 6) is 1.34. The molecule has 1 atom stereocenters. The van der Waals surface area contributed by atoms with Crippen LogP contribution in [0.5, 0.6) is 5.75 Å². The van der Waals surface area contributed by atoms with Gasteiger partial charge in [-0.2, -0.15) is 0 Å². The third-order valence-corrected chi connectivity index (χ3v) is 8.77. The SMILES string of the molecule is CNC1CCCN(C(=O)c2ccc(Nc3ncc4c(n3)-c3ccc(CI)cc3C(c3ccccc3OC)=NC4)cc2)C1. The predicted octanol–water partition coefficient (Wildman–Crippen LogP) is 6.01. The average molecular weight is 673 g/mol. The van der Waals surface area contributed by atoms with Crippen LogP contribution in [-0.4, -0.2) is 59.8 Å². The molecular formula is C33H33IN6O2. The highest BCUT2D eigenvalue weighted by atomic mass is 127. The normalized spacial score (nSPS) is 16.1. The van der Waals surface area contributed by atoms with E-state index in [1.165, 1.54) is 5.56 Å². The van der Waals surface area contributed by atoms with Crippen molar-refractivity contribution in [3.05, 3.63) is 101 Å². The summed E-state index contributed by atoms with van der Waals surface area (Å²) >= 11 is 2.39. The fraction of sp³-hybridized carbons (Fsp3) is 0.273. The quantitative estimate of drug-likeness (QED) is 0.185. The van der Waals surface area contributed by atoms with E-state index in [0.717, 1.165) is 75.5 Å². The summed E-state index contributed by atoms with van der Waals surface area (Å²) in [4.78, 5) is 29.7. The Balaban J connectivity index is 1.28. The molecule has 1 aromatic heterocycles.